The maximum atomic E-state index is 12.7. The molecule has 20 heavy (non-hydrogen) atoms. The Balaban J connectivity index is 2.11. The molecule has 0 unspecified atom stereocenters. The molecule has 2 rings (SSSR count). The van der Waals surface area contributed by atoms with Gasteiger partial charge >= 0.3 is 6.18 Å². The quantitative estimate of drug-likeness (QED) is 0.779. The summed E-state index contributed by atoms with van der Waals surface area (Å²) < 4.78 is 38.1. The normalized spacial score (nSPS) is 18.2. The van der Waals surface area contributed by atoms with Crippen molar-refractivity contribution >= 4 is 17.4 Å². The molecule has 2 nitrogen and oxygen atoms in total. The minimum Gasteiger partial charge on any atom is -0.369 e. The van der Waals surface area contributed by atoms with E-state index in [1.165, 1.54) is 12.8 Å². The van der Waals surface area contributed by atoms with Crippen LogP contribution in [0.4, 0.5) is 19.0 Å². The van der Waals surface area contributed by atoms with Crippen LogP contribution >= 0.6 is 11.6 Å². The molecule has 1 aliphatic rings. The minimum atomic E-state index is -4.40. The molecule has 0 saturated heterocycles. The molecule has 1 aromatic heterocycles. The first-order valence-electron chi connectivity index (χ1n) is 6.83. The van der Waals surface area contributed by atoms with Crippen molar-refractivity contribution < 1.29 is 13.2 Å². The standard InChI is InChI=1S/C14H18ClF3N2/c1-2-13(5-3-4-6-13)9-19-12-8-10(14(16,17)18)7-11(15)20-12/h7-8H,2-6,9H2,1H3,(H,19,20). The first-order valence-corrected chi connectivity index (χ1v) is 7.21. The van der Waals surface area contributed by atoms with Crippen molar-refractivity contribution in [2.24, 2.45) is 5.41 Å². The Morgan fingerprint density at radius 1 is 1.30 bits per heavy atom. The van der Waals surface area contributed by atoms with Crippen molar-refractivity contribution in [3.63, 3.8) is 0 Å². The summed E-state index contributed by atoms with van der Waals surface area (Å²) in [4.78, 5) is 3.93. The molecule has 0 amide bonds. The van der Waals surface area contributed by atoms with Crippen LogP contribution in [0.15, 0.2) is 12.1 Å². The van der Waals surface area contributed by atoms with Crippen molar-refractivity contribution in [1.82, 2.24) is 4.98 Å². The molecule has 1 fully saturated rings. The number of aromatic nitrogens is 1. The fourth-order valence-electron chi connectivity index (χ4n) is 2.81. The van der Waals surface area contributed by atoms with E-state index in [0.717, 1.165) is 31.4 Å². The maximum Gasteiger partial charge on any atom is 0.416 e. The van der Waals surface area contributed by atoms with E-state index in [1.807, 2.05) is 0 Å². The third-order valence-corrected chi connectivity index (χ3v) is 4.37. The molecule has 1 aromatic rings. The SMILES string of the molecule is CCC1(CNc2cc(C(F)(F)F)cc(Cl)n2)CCCC1. The highest BCUT2D eigenvalue weighted by Crippen LogP contribution is 2.41. The highest BCUT2D eigenvalue weighted by atomic mass is 35.5. The van der Waals surface area contributed by atoms with Crippen LogP contribution in [0.25, 0.3) is 0 Å². The Labute approximate surface area is 121 Å². The van der Waals surface area contributed by atoms with Gasteiger partial charge in [0.25, 0.3) is 0 Å². The third kappa shape index (κ3) is 3.57. The Morgan fingerprint density at radius 2 is 1.95 bits per heavy atom. The summed E-state index contributed by atoms with van der Waals surface area (Å²) in [7, 11) is 0. The number of nitrogens with one attached hydrogen (secondary N) is 1. The molecule has 0 atom stereocenters. The van der Waals surface area contributed by atoms with Gasteiger partial charge in [-0.2, -0.15) is 13.2 Å². The van der Waals surface area contributed by atoms with E-state index in [4.69, 9.17) is 11.6 Å². The molecule has 0 aliphatic heterocycles. The van der Waals surface area contributed by atoms with E-state index in [1.54, 1.807) is 0 Å². The molecule has 1 N–H and O–H groups in total. The molecule has 0 bridgehead atoms. The van der Waals surface area contributed by atoms with E-state index >= 15 is 0 Å². The number of nitrogens with zero attached hydrogens (tertiary/aromatic N) is 1. The second kappa shape index (κ2) is 5.80. The first kappa shape index (κ1) is 15.4. The lowest BCUT2D eigenvalue weighted by Crippen LogP contribution is -2.26. The summed E-state index contributed by atoms with van der Waals surface area (Å²) in [6.45, 7) is 2.77. The Morgan fingerprint density at radius 3 is 2.50 bits per heavy atom. The lowest BCUT2D eigenvalue weighted by atomic mass is 9.83. The number of pyridine rings is 1. The van der Waals surface area contributed by atoms with Gasteiger partial charge < -0.3 is 5.32 Å². The van der Waals surface area contributed by atoms with Gasteiger partial charge in [-0.15, -0.1) is 0 Å². The zero-order chi connectivity index (χ0) is 14.8. The van der Waals surface area contributed by atoms with Gasteiger partial charge in [0.2, 0.25) is 0 Å². The molecular formula is C14H18ClF3N2. The van der Waals surface area contributed by atoms with Crippen molar-refractivity contribution in [3.05, 3.63) is 22.8 Å². The van der Waals surface area contributed by atoms with Crippen LogP contribution in [0.3, 0.4) is 0 Å². The van der Waals surface area contributed by atoms with Gasteiger partial charge in [0.1, 0.15) is 11.0 Å². The van der Waals surface area contributed by atoms with Gasteiger partial charge in [0.05, 0.1) is 5.56 Å². The van der Waals surface area contributed by atoms with Crippen LogP contribution in [0.2, 0.25) is 5.15 Å². The van der Waals surface area contributed by atoms with Crippen molar-refractivity contribution in [2.45, 2.75) is 45.2 Å². The van der Waals surface area contributed by atoms with E-state index in [2.05, 4.69) is 17.2 Å². The maximum absolute atomic E-state index is 12.7. The number of halogens is 4. The third-order valence-electron chi connectivity index (χ3n) is 4.18. The lowest BCUT2D eigenvalue weighted by Gasteiger charge is -2.28. The summed E-state index contributed by atoms with van der Waals surface area (Å²) in [5, 5.41) is 2.90. The van der Waals surface area contributed by atoms with Crippen LogP contribution in [0.1, 0.15) is 44.6 Å². The molecule has 112 valence electrons. The van der Waals surface area contributed by atoms with Crippen molar-refractivity contribution in [1.29, 1.82) is 0 Å². The van der Waals surface area contributed by atoms with Crippen LogP contribution in [0.5, 0.6) is 0 Å². The lowest BCUT2D eigenvalue weighted by molar-refractivity contribution is -0.137. The average Bonchev–Trinajstić information content (AvgIpc) is 2.84. The van der Waals surface area contributed by atoms with Crippen LogP contribution in [-0.2, 0) is 6.18 Å². The summed E-state index contributed by atoms with van der Waals surface area (Å²) in [6.07, 6.45) is 1.22. The zero-order valence-corrected chi connectivity index (χ0v) is 12.1. The Hall–Kier alpha value is -0.970. The monoisotopic (exact) mass is 306 g/mol. The molecule has 6 heteroatoms. The van der Waals surface area contributed by atoms with Gasteiger partial charge in [-0.3, -0.25) is 0 Å². The van der Waals surface area contributed by atoms with Gasteiger partial charge in [-0.25, -0.2) is 4.98 Å². The fourth-order valence-corrected chi connectivity index (χ4v) is 3.02. The number of hydrogen-bond acceptors (Lipinski definition) is 2. The summed E-state index contributed by atoms with van der Waals surface area (Å²) in [6, 6.07) is 1.86. The van der Waals surface area contributed by atoms with Gasteiger partial charge in [-0.1, -0.05) is 31.4 Å². The first-order chi connectivity index (χ1) is 9.35. The Kier molecular flexibility index (Phi) is 4.47. The van der Waals surface area contributed by atoms with E-state index < -0.39 is 11.7 Å². The molecule has 1 saturated carbocycles. The minimum absolute atomic E-state index is 0.140. The van der Waals surface area contributed by atoms with E-state index in [9.17, 15) is 13.2 Å². The highest BCUT2D eigenvalue weighted by molar-refractivity contribution is 6.29. The molecule has 1 aliphatic carbocycles. The number of hydrogen-bond donors (Lipinski definition) is 1. The Bertz CT molecular complexity index is 468. The smallest absolute Gasteiger partial charge is 0.369 e. The molecule has 1 heterocycles. The molecule has 0 spiro atoms. The zero-order valence-electron chi connectivity index (χ0n) is 11.4. The molecule has 0 radical (unpaired) electrons. The predicted molar refractivity (Wildman–Crippen MR) is 73.9 cm³/mol. The van der Waals surface area contributed by atoms with Gasteiger partial charge in [0, 0.05) is 6.54 Å². The molecular weight excluding hydrogens is 289 g/mol. The average molecular weight is 307 g/mol. The van der Waals surface area contributed by atoms with Crippen molar-refractivity contribution in [3.8, 4) is 0 Å². The van der Waals surface area contributed by atoms with E-state index in [0.29, 0.717) is 6.54 Å². The number of alkyl halides is 3. The van der Waals surface area contributed by atoms with E-state index in [-0.39, 0.29) is 16.4 Å². The van der Waals surface area contributed by atoms with Crippen LogP contribution in [-0.4, -0.2) is 11.5 Å². The van der Waals surface area contributed by atoms with Crippen LogP contribution < -0.4 is 5.32 Å². The highest BCUT2D eigenvalue weighted by Gasteiger charge is 2.33. The predicted octanol–water partition coefficient (Wildman–Crippen LogP) is 5.14. The van der Waals surface area contributed by atoms with Gasteiger partial charge in [-0.05, 0) is 36.8 Å². The second-order valence-corrected chi connectivity index (χ2v) is 5.86. The topological polar surface area (TPSA) is 24.9 Å². The summed E-state index contributed by atoms with van der Waals surface area (Å²) in [5.74, 6) is 0.199. The fraction of sp³-hybridized carbons (Fsp3) is 0.643. The summed E-state index contributed by atoms with van der Waals surface area (Å²) >= 11 is 5.67. The van der Waals surface area contributed by atoms with Crippen LogP contribution in [0, 0.1) is 5.41 Å². The molecule has 0 aromatic carbocycles. The van der Waals surface area contributed by atoms with Crippen molar-refractivity contribution in [2.75, 3.05) is 11.9 Å². The van der Waals surface area contributed by atoms with Gasteiger partial charge in [0.15, 0.2) is 0 Å². The number of rotatable bonds is 4. The number of anilines is 1. The largest absolute Gasteiger partial charge is 0.416 e. The second-order valence-electron chi connectivity index (χ2n) is 5.48. The summed E-state index contributed by atoms with van der Waals surface area (Å²) in [5.41, 5.74) is -0.584.